The molecule has 0 N–H and O–H groups in total. The highest BCUT2D eigenvalue weighted by Crippen LogP contribution is 2.26. The second kappa shape index (κ2) is 18.8. The molecule has 0 atom stereocenters. The number of methoxy groups -OCH3 is 2. The Morgan fingerprint density at radius 1 is 0.756 bits per heavy atom. The molecule has 0 saturated heterocycles. The van der Waals surface area contributed by atoms with Gasteiger partial charge in [-0.15, -0.1) is 0 Å². The summed E-state index contributed by atoms with van der Waals surface area (Å²) in [5.74, 6) is 1.28. The van der Waals surface area contributed by atoms with Gasteiger partial charge in [-0.25, -0.2) is 4.79 Å². The Morgan fingerprint density at radius 2 is 1.22 bits per heavy atom. The predicted octanol–water partition coefficient (Wildman–Crippen LogP) is 7.01. The molecule has 3 aliphatic rings. The highest BCUT2D eigenvalue weighted by Gasteiger charge is 2.20. The number of hydrogen-bond acceptors (Lipinski definition) is 8. The van der Waals surface area contributed by atoms with Crippen LogP contribution in [-0.2, 0) is 38.4 Å². The van der Waals surface area contributed by atoms with Gasteiger partial charge in [0.2, 0.25) is 0 Å². The number of carbonyl (C=O) groups excluding carboxylic acids is 6. The molecular weight excluding hydrogens is 640 g/mol. The number of ether oxygens (including phenoxy) is 2. The molecule has 3 aliphatic carbocycles. The topological polar surface area (TPSA) is 121 Å². The van der Waals surface area contributed by atoms with Crippen LogP contribution in [0, 0.1) is 0 Å². The fourth-order valence-corrected chi connectivity index (χ4v) is 5.25. The van der Waals surface area contributed by atoms with Crippen molar-refractivity contribution in [3.63, 3.8) is 0 Å². The molecule has 0 heterocycles. The summed E-state index contributed by atoms with van der Waals surface area (Å²) < 4.78 is 10.3. The van der Waals surface area contributed by atoms with Crippen LogP contribution in [0.1, 0.15) is 79.5 Å². The van der Waals surface area contributed by atoms with Crippen molar-refractivity contribution in [3.05, 3.63) is 117 Å². The molecule has 0 aromatic heterocycles. The van der Waals surface area contributed by atoms with Gasteiger partial charge in [-0.3, -0.25) is 14.4 Å². The number of halogens is 1. The average Bonchev–Trinajstić information content (AvgIpc) is 3.73. The zero-order valence-corrected chi connectivity index (χ0v) is 27.1. The molecule has 0 amide bonds. The van der Waals surface area contributed by atoms with E-state index in [0.717, 1.165) is 57.8 Å². The lowest BCUT2D eigenvalue weighted by Crippen LogP contribution is -1.91. The number of Topliss-reactive ketones (excluding diaryl/α,β-unsaturated/α-hetero) is 3. The Morgan fingerprint density at radius 3 is 1.67 bits per heavy atom. The molecule has 0 aliphatic heterocycles. The fraction of sp³-hybridized carbons (Fsp3) is 0.250. The van der Waals surface area contributed by atoms with Crippen molar-refractivity contribution in [2.24, 2.45) is 0 Å². The first-order valence-electron chi connectivity index (χ1n) is 14.1. The van der Waals surface area contributed by atoms with Gasteiger partial charge in [0.15, 0.2) is 17.3 Å². The molecule has 0 bridgehead atoms. The van der Waals surface area contributed by atoms with Gasteiger partial charge in [0, 0.05) is 46.5 Å². The van der Waals surface area contributed by atoms with Crippen molar-refractivity contribution in [2.45, 2.75) is 45.4 Å². The normalized spacial score (nSPS) is 13.1. The van der Waals surface area contributed by atoms with E-state index in [-0.39, 0.29) is 17.7 Å². The van der Waals surface area contributed by atoms with Gasteiger partial charge in [-0.1, -0.05) is 58.9 Å². The molecule has 6 rings (SSSR count). The van der Waals surface area contributed by atoms with Crippen LogP contribution >= 0.6 is 15.9 Å². The van der Waals surface area contributed by atoms with E-state index in [1.807, 2.05) is 61.5 Å². The molecule has 3 aromatic rings. The lowest BCUT2D eigenvalue weighted by atomic mass is 10.1. The smallest absolute Gasteiger partial charge is 0.373 e. The molecule has 234 valence electrons. The number of benzene rings is 3. The van der Waals surface area contributed by atoms with E-state index in [4.69, 9.17) is 14.3 Å². The summed E-state index contributed by atoms with van der Waals surface area (Å²) >= 11 is 3.37. The van der Waals surface area contributed by atoms with Gasteiger partial charge in [0.1, 0.15) is 5.75 Å². The van der Waals surface area contributed by atoms with Crippen LogP contribution in [0.3, 0.4) is 0 Å². The minimum absolute atomic E-state index is 0.250. The summed E-state index contributed by atoms with van der Waals surface area (Å²) in [5.41, 5.74) is 7.41. The van der Waals surface area contributed by atoms with Crippen LogP contribution in [0.15, 0.2) is 77.8 Å². The zero-order valence-electron chi connectivity index (χ0n) is 25.5. The van der Waals surface area contributed by atoms with Gasteiger partial charge in [0.25, 0.3) is 0 Å². The summed E-state index contributed by atoms with van der Waals surface area (Å²) in [4.78, 5) is 59.8. The van der Waals surface area contributed by atoms with Gasteiger partial charge >= 0.3 is 12.1 Å². The first kappa shape index (κ1) is 36.5. The molecule has 0 radical (unpaired) electrons. The molecule has 0 saturated carbocycles. The number of carbonyl (C=O) groups is 4. The van der Waals surface area contributed by atoms with Crippen molar-refractivity contribution in [1.82, 2.24) is 0 Å². The second-order valence-corrected chi connectivity index (χ2v) is 10.7. The van der Waals surface area contributed by atoms with E-state index in [2.05, 4.69) is 39.4 Å². The largest absolute Gasteiger partial charge is 0.497 e. The monoisotopic (exact) mass is 674 g/mol. The lowest BCUT2D eigenvalue weighted by molar-refractivity contribution is -0.191. The summed E-state index contributed by atoms with van der Waals surface area (Å²) in [6.45, 7) is 5.16. The summed E-state index contributed by atoms with van der Waals surface area (Å²) in [5, 5.41) is 0. The Balaban J connectivity index is 0.000000209. The molecule has 0 fully saturated rings. The van der Waals surface area contributed by atoms with Crippen LogP contribution in [0.2, 0.25) is 0 Å². The standard InChI is InChI=1S/C12H12O.C10H10O2.C9H7BrO.C4H6O2.CO2/c1-2-3-9-4-6-11-10(8-9)5-7-12(11)13;1-12-8-3-4-9-7(6-8)2-5-10(9)11;10-7-2-3-8-6(5-7)1-4-9(8)11;1-3-4(5)6-2;2-1-3/h2-4,6,8H,5,7H2,1H3;3-4,6H,2,5H2,1H3;2-3,5H,1,4H2;3H,1H2,2H3;/b3-2+;;;;. The maximum atomic E-state index is 11.3. The van der Waals surface area contributed by atoms with Crippen LogP contribution in [0.25, 0.3) is 6.08 Å². The fourth-order valence-electron chi connectivity index (χ4n) is 4.84. The number of fused-ring (bicyclic) bond motifs is 3. The van der Waals surface area contributed by atoms with Gasteiger partial charge in [-0.2, -0.15) is 9.59 Å². The highest BCUT2D eigenvalue weighted by molar-refractivity contribution is 9.10. The predicted molar refractivity (Wildman–Crippen MR) is 173 cm³/mol. The molecule has 45 heavy (non-hydrogen) atoms. The minimum Gasteiger partial charge on any atom is -0.497 e. The van der Waals surface area contributed by atoms with Crippen LogP contribution in [-0.4, -0.2) is 43.7 Å². The molecule has 0 unspecified atom stereocenters. The highest BCUT2D eigenvalue weighted by atomic mass is 79.9. The maximum Gasteiger partial charge on any atom is 0.373 e. The number of rotatable bonds is 3. The Labute approximate surface area is 271 Å². The quantitative estimate of drug-likeness (QED) is 0.215. The zero-order chi connectivity index (χ0) is 33.4. The maximum absolute atomic E-state index is 11.3. The van der Waals surface area contributed by atoms with E-state index >= 15 is 0 Å². The lowest BCUT2D eigenvalue weighted by Gasteiger charge is -2.01. The molecule has 0 spiro atoms. The van der Waals surface area contributed by atoms with Crippen molar-refractivity contribution < 1.29 is 38.2 Å². The summed E-state index contributed by atoms with van der Waals surface area (Å²) in [6, 6.07) is 17.5. The number of hydrogen-bond donors (Lipinski definition) is 0. The van der Waals surface area contributed by atoms with Crippen molar-refractivity contribution in [2.75, 3.05) is 14.2 Å². The van der Waals surface area contributed by atoms with E-state index in [9.17, 15) is 19.2 Å². The number of esters is 1. The van der Waals surface area contributed by atoms with Crippen molar-refractivity contribution in [3.8, 4) is 5.75 Å². The molecule has 3 aromatic carbocycles. The van der Waals surface area contributed by atoms with Gasteiger partial charge < -0.3 is 9.47 Å². The van der Waals surface area contributed by atoms with Crippen LogP contribution in [0.5, 0.6) is 5.75 Å². The van der Waals surface area contributed by atoms with Gasteiger partial charge in [0.05, 0.1) is 14.2 Å². The third-order valence-electron chi connectivity index (χ3n) is 7.00. The first-order chi connectivity index (χ1) is 21.6. The first-order valence-corrected chi connectivity index (χ1v) is 14.9. The van der Waals surface area contributed by atoms with E-state index in [0.29, 0.717) is 25.0 Å². The Bertz CT molecular complexity index is 1610. The summed E-state index contributed by atoms with van der Waals surface area (Å²) in [6.07, 6.45) is 10.2. The van der Waals surface area contributed by atoms with E-state index < -0.39 is 5.97 Å². The van der Waals surface area contributed by atoms with E-state index in [1.165, 1.54) is 23.8 Å². The van der Waals surface area contributed by atoms with Crippen molar-refractivity contribution in [1.29, 1.82) is 0 Å². The van der Waals surface area contributed by atoms with Crippen LogP contribution in [0.4, 0.5) is 0 Å². The van der Waals surface area contributed by atoms with Gasteiger partial charge in [-0.05, 0) is 78.8 Å². The molecular formula is C36H35BrO8. The SMILES string of the molecule is C/C=C/c1ccc2c(c1)CCC2=O.C=CC(=O)OC.COc1ccc2c(c1)CCC2=O.O=C1CCc2cc(Br)ccc21.O=C=O. The average molecular weight is 676 g/mol. The van der Waals surface area contributed by atoms with Crippen molar-refractivity contribution >= 4 is 51.5 Å². The minimum atomic E-state index is -0.394. The number of aryl methyl sites for hydroxylation is 3. The number of allylic oxidation sites excluding steroid dienone is 1. The molecule has 9 heteroatoms. The van der Waals surface area contributed by atoms with E-state index in [1.54, 1.807) is 7.11 Å². The Hall–Kier alpha value is -4.72. The third-order valence-corrected chi connectivity index (χ3v) is 7.49. The molecule has 8 nitrogen and oxygen atoms in total. The van der Waals surface area contributed by atoms with Crippen LogP contribution < -0.4 is 4.74 Å². The second-order valence-electron chi connectivity index (χ2n) is 9.82. The number of ketones is 3. The third kappa shape index (κ3) is 11.1. The Kier molecular flexibility index (Phi) is 15.3. The summed E-state index contributed by atoms with van der Waals surface area (Å²) in [7, 11) is 2.95.